The number of hydrogen-bond donors (Lipinski definition) is 2. The van der Waals surface area contributed by atoms with Gasteiger partial charge in [-0.1, -0.05) is 18.9 Å². The van der Waals surface area contributed by atoms with Crippen molar-refractivity contribution in [1.29, 1.82) is 0 Å². The van der Waals surface area contributed by atoms with Crippen LogP contribution >= 0.6 is 0 Å². The molecule has 5 heteroatoms. The van der Waals surface area contributed by atoms with Crippen molar-refractivity contribution < 1.29 is 9.53 Å². The lowest BCUT2D eigenvalue weighted by atomic mass is 9.90. The number of nitrogen functional groups attached to an aromatic ring is 1. The van der Waals surface area contributed by atoms with Crippen LogP contribution in [0.2, 0.25) is 0 Å². The van der Waals surface area contributed by atoms with E-state index in [4.69, 9.17) is 10.5 Å². The van der Waals surface area contributed by atoms with E-state index in [1.54, 1.807) is 6.07 Å². The topological polar surface area (TPSA) is 67.6 Å². The SMILES string of the molecule is Nc1cccc(NC(=O)N2CCOC3CCCCC32)c1. The maximum Gasteiger partial charge on any atom is 0.322 e. The molecule has 1 aromatic carbocycles. The van der Waals surface area contributed by atoms with Crippen molar-refractivity contribution >= 4 is 17.4 Å². The van der Waals surface area contributed by atoms with Gasteiger partial charge in [0.1, 0.15) is 0 Å². The molecule has 0 spiro atoms. The quantitative estimate of drug-likeness (QED) is 0.774. The van der Waals surface area contributed by atoms with Crippen molar-refractivity contribution in [3.8, 4) is 0 Å². The van der Waals surface area contributed by atoms with Gasteiger partial charge in [0.15, 0.2) is 0 Å². The number of fused-ring (bicyclic) bond motifs is 1. The van der Waals surface area contributed by atoms with E-state index in [9.17, 15) is 4.79 Å². The molecule has 1 saturated heterocycles. The lowest BCUT2D eigenvalue weighted by molar-refractivity contribution is -0.0694. The third-order valence-corrected chi connectivity index (χ3v) is 4.13. The molecule has 2 fully saturated rings. The van der Waals surface area contributed by atoms with Crippen LogP contribution in [0.15, 0.2) is 24.3 Å². The first-order chi connectivity index (χ1) is 9.74. The fourth-order valence-corrected chi connectivity index (χ4v) is 3.16. The zero-order chi connectivity index (χ0) is 13.9. The van der Waals surface area contributed by atoms with Gasteiger partial charge in [-0.15, -0.1) is 0 Å². The Morgan fingerprint density at radius 1 is 1.35 bits per heavy atom. The molecular formula is C15H21N3O2. The predicted molar refractivity (Wildman–Crippen MR) is 78.6 cm³/mol. The minimum Gasteiger partial charge on any atom is -0.399 e. The largest absolute Gasteiger partial charge is 0.399 e. The smallest absolute Gasteiger partial charge is 0.322 e. The van der Waals surface area contributed by atoms with Crippen molar-refractivity contribution in [3.63, 3.8) is 0 Å². The molecule has 0 aromatic heterocycles. The van der Waals surface area contributed by atoms with Gasteiger partial charge in [0.2, 0.25) is 0 Å². The number of carbonyl (C=O) groups is 1. The third kappa shape index (κ3) is 2.72. The number of benzene rings is 1. The molecule has 3 N–H and O–H groups in total. The molecule has 2 aliphatic rings. The molecule has 1 aromatic rings. The van der Waals surface area contributed by atoms with Gasteiger partial charge in [-0.05, 0) is 31.0 Å². The molecular weight excluding hydrogens is 254 g/mol. The minimum absolute atomic E-state index is 0.0456. The Labute approximate surface area is 119 Å². The molecule has 1 heterocycles. The average molecular weight is 275 g/mol. The molecule has 1 aliphatic carbocycles. The molecule has 1 saturated carbocycles. The highest BCUT2D eigenvalue weighted by Crippen LogP contribution is 2.28. The second kappa shape index (κ2) is 5.71. The maximum atomic E-state index is 12.5. The summed E-state index contributed by atoms with van der Waals surface area (Å²) in [4.78, 5) is 14.4. The summed E-state index contributed by atoms with van der Waals surface area (Å²) < 4.78 is 5.79. The highest BCUT2D eigenvalue weighted by atomic mass is 16.5. The molecule has 5 nitrogen and oxygen atoms in total. The minimum atomic E-state index is -0.0456. The van der Waals surface area contributed by atoms with E-state index >= 15 is 0 Å². The summed E-state index contributed by atoms with van der Waals surface area (Å²) in [5, 5.41) is 2.94. The Kier molecular flexibility index (Phi) is 3.78. The maximum absolute atomic E-state index is 12.5. The number of nitrogens with zero attached hydrogens (tertiary/aromatic N) is 1. The fourth-order valence-electron chi connectivity index (χ4n) is 3.16. The number of nitrogens with one attached hydrogen (secondary N) is 1. The van der Waals surface area contributed by atoms with Crippen LogP contribution in [0.25, 0.3) is 0 Å². The molecule has 1 aliphatic heterocycles. The Morgan fingerprint density at radius 2 is 2.20 bits per heavy atom. The number of hydrogen-bond acceptors (Lipinski definition) is 3. The molecule has 0 radical (unpaired) electrons. The Hall–Kier alpha value is -1.75. The number of anilines is 2. The Bertz CT molecular complexity index is 490. The summed E-state index contributed by atoms with van der Waals surface area (Å²) in [6, 6.07) is 7.45. The van der Waals surface area contributed by atoms with Gasteiger partial charge in [-0.25, -0.2) is 4.79 Å². The first-order valence-electron chi connectivity index (χ1n) is 7.29. The summed E-state index contributed by atoms with van der Waals surface area (Å²) in [5.74, 6) is 0. The standard InChI is InChI=1S/C15H21N3O2/c16-11-4-3-5-12(10-11)17-15(19)18-8-9-20-14-7-2-1-6-13(14)18/h3-5,10,13-14H,1-2,6-9,16H2,(H,17,19). The van der Waals surface area contributed by atoms with Crippen molar-refractivity contribution in [3.05, 3.63) is 24.3 Å². The number of amides is 2. The predicted octanol–water partition coefficient (Wildman–Crippen LogP) is 2.44. The highest BCUT2D eigenvalue weighted by Gasteiger charge is 2.36. The van der Waals surface area contributed by atoms with Gasteiger partial charge in [-0.2, -0.15) is 0 Å². The second-order valence-corrected chi connectivity index (χ2v) is 5.51. The van der Waals surface area contributed by atoms with Gasteiger partial charge in [0, 0.05) is 17.9 Å². The van der Waals surface area contributed by atoms with E-state index in [0.29, 0.717) is 18.8 Å². The van der Waals surface area contributed by atoms with Gasteiger partial charge in [-0.3, -0.25) is 0 Å². The van der Waals surface area contributed by atoms with E-state index in [1.165, 1.54) is 12.8 Å². The van der Waals surface area contributed by atoms with Crippen LogP contribution in [-0.4, -0.2) is 36.2 Å². The van der Waals surface area contributed by atoms with Crippen LogP contribution in [0.3, 0.4) is 0 Å². The second-order valence-electron chi connectivity index (χ2n) is 5.51. The fraction of sp³-hybridized carbons (Fsp3) is 0.533. The molecule has 2 atom stereocenters. The first kappa shape index (κ1) is 13.2. The third-order valence-electron chi connectivity index (χ3n) is 4.13. The number of nitrogens with two attached hydrogens (primary N) is 1. The molecule has 20 heavy (non-hydrogen) atoms. The van der Waals surface area contributed by atoms with Gasteiger partial charge in [0.25, 0.3) is 0 Å². The average Bonchev–Trinajstić information content (AvgIpc) is 2.46. The lowest BCUT2D eigenvalue weighted by Crippen LogP contribution is -2.55. The van der Waals surface area contributed by atoms with Crippen molar-refractivity contribution in [2.75, 3.05) is 24.2 Å². The number of urea groups is 1. The summed E-state index contributed by atoms with van der Waals surface area (Å²) >= 11 is 0. The number of rotatable bonds is 1. The Balaban J connectivity index is 1.69. The summed E-state index contributed by atoms with van der Waals surface area (Å²) in [7, 11) is 0. The molecule has 2 unspecified atom stereocenters. The van der Waals surface area contributed by atoms with Crippen LogP contribution < -0.4 is 11.1 Å². The van der Waals surface area contributed by atoms with Crippen LogP contribution in [0.4, 0.5) is 16.2 Å². The molecule has 2 amide bonds. The zero-order valence-corrected chi connectivity index (χ0v) is 11.5. The molecule has 3 rings (SSSR count). The van der Waals surface area contributed by atoms with Gasteiger partial charge >= 0.3 is 6.03 Å². The van der Waals surface area contributed by atoms with Gasteiger partial charge in [0.05, 0.1) is 18.8 Å². The van der Waals surface area contributed by atoms with Gasteiger partial charge < -0.3 is 20.7 Å². The summed E-state index contributed by atoms with van der Waals surface area (Å²) in [6.45, 7) is 1.29. The van der Waals surface area contributed by atoms with E-state index < -0.39 is 0 Å². The lowest BCUT2D eigenvalue weighted by Gasteiger charge is -2.43. The Morgan fingerprint density at radius 3 is 3.05 bits per heavy atom. The monoisotopic (exact) mass is 275 g/mol. The number of ether oxygens (including phenoxy) is 1. The summed E-state index contributed by atoms with van der Waals surface area (Å²) in [5.41, 5.74) is 7.13. The van der Waals surface area contributed by atoms with E-state index in [0.717, 1.165) is 18.5 Å². The van der Waals surface area contributed by atoms with Crippen molar-refractivity contribution in [2.24, 2.45) is 0 Å². The van der Waals surface area contributed by atoms with Crippen LogP contribution in [-0.2, 0) is 4.74 Å². The number of carbonyl (C=O) groups excluding carboxylic acids is 1. The van der Waals surface area contributed by atoms with E-state index in [1.807, 2.05) is 23.1 Å². The normalized spacial score (nSPS) is 25.9. The van der Waals surface area contributed by atoms with Crippen LogP contribution in [0.5, 0.6) is 0 Å². The summed E-state index contributed by atoms with van der Waals surface area (Å²) in [6.07, 6.45) is 4.68. The van der Waals surface area contributed by atoms with E-state index in [-0.39, 0.29) is 18.2 Å². The van der Waals surface area contributed by atoms with Crippen molar-refractivity contribution in [1.82, 2.24) is 4.90 Å². The number of morpholine rings is 1. The molecule has 108 valence electrons. The van der Waals surface area contributed by atoms with Crippen LogP contribution in [0.1, 0.15) is 25.7 Å². The highest BCUT2D eigenvalue weighted by molar-refractivity contribution is 5.90. The van der Waals surface area contributed by atoms with Crippen molar-refractivity contribution in [2.45, 2.75) is 37.8 Å². The zero-order valence-electron chi connectivity index (χ0n) is 11.5. The van der Waals surface area contributed by atoms with Crippen LogP contribution in [0, 0.1) is 0 Å². The first-order valence-corrected chi connectivity index (χ1v) is 7.29. The molecule has 0 bridgehead atoms. The van der Waals surface area contributed by atoms with E-state index in [2.05, 4.69) is 5.32 Å².